The van der Waals surface area contributed by atoms with Crippen LogP contribution >= 0.6 is 0 Å². The molecule has 39 heavy (non-hydrogen) atoms. The number of hydrogen-bond acceptors (Lipinski definition) is 6. The van der Waals surface area contributed by atoms with Gasteiger partial charge in [0.25, 0.3) is 11.5 Å². The van der Waals surface area contributed by atoms with Crippen molar-refractivity contribution in [3.05, 3.63) is 68.4 Å². The molecule has 1 aliphatic rings. The molecule has 2 amide bonds. The lowest BCUT2D eigenvalue weighted by molar-refractivity contribution is -0.122. The molecule has 1 aromatic heterocycles. The lowest BCUT2D eigenvalue weighted by atomic mass is 10.1. The summed E-state index contributed by atoms with van der Waals surface area (Å²) in [6, 6.07) is 9.96. The van der Waals surface area contributed by atoms with Crippen molar-refractivity contribution in [3.8, 4) is 11.5 Å². The van der Waals surface area contributed by atoms with E-state index in [4.69, 9.17) is 9.47 Å². The molecule has 1 fully saturated rings. The van der Waals surface area contributed by atoms with Gasteiger partial charge in [-0.3, -0.25) is 23.5 Å². The molecule has 1 aliphatic carbocycles. The molecule has 0 atom stereocenters. The van der Waals surface area contributed by atoms with Gasteiger partial charge in [-0.15, -0.1) is 0 Å². The quantitative estimate of drug-likeness (QED) is 0.364. The van der Waals surface area contributed by atoms with E-state index in [2.05, 4.69) is 17.6 Å². The molecule has 0 bridgehead atoms. The average molecular weight is 537 g/mol. The summed E-state index contributed by atoms with van der Waals surface area (Å²) in [6.07, 6.45) is 5.84. The van der Waals surface area contributed by atoms with E-state index in [0.717, 1.165) is 43.1 Å². The number of nitrogens with zero attached hydrogens (tertiary/aromatic N) is 2. The molecular weight excluding hydrogens is 500 g/mol. The third-order valence-corrected chi connectivity index (χ3v) is 7.12. The summed E-state index contributed by atoms with van der Waals surface area (Å²) >= 11 is 0. The molecule has 208 valence electrons. The van der Waals surface area contributed by atoms with Crippen LogP contribution in [0.15, 0.2) is 46.0 Å². The van der Waals surface area contributed by atoms with Gasteiger partial charge in [-0.05, 0) is 43.0 Å². The van der Waals surface area contributed by atoms with Crippen LogP contribution in [0.5, 0.6) is 11.5 Å². The highest BCUT2D eigenvalue weighted by Gasteiger charge is 2.21. The number of carbonyl (C=O) groups excluding carboxylic acids is 2. The summed E-state index contributed by atoms with van der Waals surface area (Å²) in [5, 5.41) is 6.11. The summed E-state index contributed by atoms with van der Waals surface area (Å²) in [7, 11) is 2.93. The van der Waals surface area contributed by atoms with Crippen molar-refractivity contribution in [1.29, 1.82) is 0 Å². The van der Waals surface area contributed by atoms with E-state index in [1.165, 1.54) is 24.9 Å². The lowest BCUT2D eigenvalue weighted by Crippen LogP contribution is -2.44. The van der Waals surface area contributed by atoms with Crippen molar-refractivity contribution in [2.75, 3.05) is 20.8 Å². The van der Waals surface area contributed by atoms with Gasteiger partial charge in [0.05, 0.1) is 31.7 Å². The minimum atomic E-state index is -0.609. The second kappa shape index (κ2) is 12.6. The van der Waals surface area contributed by atoms with Gasteiger partial charge in [0.1, 0.15) is 6.54 Å². The molecule has 10 heteroatoms. The van der Waals surface area contributed by atoms with Gasteiger partial charge < -0.3 is 20.1 Å². The number of amides is 2. The standard InChI is InChI=1S/C29H36N4O6/c1-4-5-14-30-27(35)20-12-10-19(11-13-20)17-33-28(36)22-15-24(38-2)25(39-3)16-23(22)32(29(33)37)18-26(34)31-21-8-6-7-9-21/h10-13,15-16,21H,4-9,14,17-18H2,1-3H3,(H,30,35)(H,31,34). The van der Waals surface area contributed by atoms with Crippen molar-refractivity contribution in [2.24, 2.45) is 0 Å². The Morgan fingerprint density at radius 3 is 2.28 bits per heavy atom. The molecule has 2 N–H and O–H groups in total. The van der Waals surface area contributed by atoms with Crippen molar-refractivity contribution in [2.45, 2.75) is 64.6 Å². The van der Waals surface area contributed by atoms with Crippen LogP contribution in [-0.2, 0) is 17.9 Å². The minimum Gasteiger partial charge on any atom is -0.493 e. The Kier molecular flexibility index (Phi) is 9.06. The van der Waals surface area contributed by atoms with Gasteiger partial charge in [-0.1, -0.05) is 38.3 Å². The van der Waals surface area contributed by atoms with E-state index >= 15 is 0 Å². The summed E-state index contributed by atoms with van der Waals surface area (Å²) < 4.78 is 13.2. The largest absolute Gasteiger partial charge is 0.493 e. The number of methoxy groups -OCH3 is 2. The van der Waals surface area contributed by atoms with Crippen LogP contribution in [-0.4, -0.2) is 47.8 Å². The maximum absolute atomic E-state index is 13.7. The van der Waals surface area contributed by atoms with Crippen LogP contribution in [0.4, 0.5) is 0 Å². The number of hydrogen-bond donors (Lipinski definition) is 2. The Bertz CT molecular complexity index is 1450. The highest BCUT2D eigenvalue weighted by atomic mass is 16.5. The van der Waals surface area contributed by atoms with Gasteiger partial charge in [0.2, 0.25) is 5.91 Å². The smallest absolute Gasteiger partial charge is 0.332 e. The number of aromatic nitrogens is 2. The molecule has 10 nitrogen and oxygen atoms in total. The summed E-state index contributed by atoms with van der Waals surface area (Å²) in [6.45, 7) is 2.40. The third-order valence-electron chi connectivity index (χ3n) is 7.12. The third kappa shape index (κ3) is 6.32. The number of rotatable bonds is 11. The Morgan fingerprint density at radius 2 is 1.64 bits per heavy atom. The first-order valence-corrected chi connectivity index (χ1v) is 13.4. The second-order valence-corrected chi connectivity index (χ2v) is 9.84. The zero-order valence-corrected chi connectivity index (χ0v) is 22.7. The maximum Gasteiger partial charge on any atom is 0.332 e. The Balaban J connectivity index is 1.71. The van der Waals surface area contributed by atoms with E-state index in [1.54, 1.807) is 30.3 Å². The molecule has 1 saturated carbocycles. The number of carbonyl (C=O) groups is 2. The Labute approximate surface area is 226 Å². The highest BCUT2D eigenvalue weighted by molar-refractivity contribution is 5.94. The summed E-state index contributed by atoms with van der Waals surface area (Å²) in [5.74, 6) is 0.227. The number of nitrogens with one attached hydrogen (secondary N) is 2. The summed E-state index contributed by atoms with van der Waals surface area (Å²) in [5.41, 5.74) is 0.340. The average Bonchev–Trinajstić information content (AvgIpc) is 3.46. The number of benzene rings is 2. The first-order valence-electron chi connectivity index (χ1n) is 13.4. The fourth-order valence-corrected chi connectivity index (χ4v) is 4.95. The fourth-order valence-electron chi connectivity index (χ4n) is 4.95. The van der Waals surface area contributed by atoms with Crippen LogP contribution in [0, 0.1) is 0 Å². The predicted octanol–water partition coefficient (Wildman–Crippen LogP) is 2.82. The SMILES string of the molecule is CCCCNC(=O)c1ccc(Cn2c(=O)c3cc(OC)c(OC)cc3n(CC(=O)NC3CCCC3)c2=O)cc1. The topological polar surface area (TPSA) is 121 Å². The first kappa shape index (κ1) is 27.9. The van der Waals surface area contributed by atoms with Gasteiger partial charge in [0.15, 0.2) is 11.5 Å². The van der Waals surface area contributed by atoms with Crippen molar-refractivity contribution in [3.63, 3.8) is 0 Å². The van der Waals surface area contributed by atoms with Crippen LogP contribution in [0.1, 0.15) is 61.4 Å². The van der Waals surface area contributed by atoms with E-state index in [-0.39, 0.29) is 36.3 Å². The number of ether oxygens (including phenoxy) is 2. The number of fused-ring (bicyclic) bond motifs is 1. The van der Waals surface area contributed by atoms with Crippen LogP contribution in [0.25, 0.3) is 10.9 Å². The normalized spacial score (nSPS) is 13.4. The predicted molar refractivity (Wildman–Crippen MR) is 149 cm³/mol. The van der Waals surface area contributed by atoms with Crippen LogP contribution in [0.2, 0.25) is 0 Å². The Hall–Kier alpha value is -4.08. The highest BCUT2D eigenvalue weighted by Crippen LogP contribution is 2.30. The molecule has 0 unspecified atom stereocenters. The molecule has 3 aromatic rings. The van der Waals surface area contributed by atoms with Gasteiger partial charge in [0, 0.05) is 24.2 Å². The molecule has 1 heterocycles. The fraction of sp³-hybridized carbons (Fsp3) is 0.448. The van der Waals surface area contributed by atoms with E-state index in [1.807, 2.05) is 0 Å². The van der Waals surface area contributed by atoms with Gasteiger partial charge >= 0.3 is 5.69 Å². The summed E-state index contributed by atoms with van der Waals surface area (Å²) in [4.78, 5) is 52.5. The van der Waals surface area contributed by atoms with Crippen molar-refractivity contribution in [1.82, 2.24) is 19.8 Å². The monoisotopic (exact) mass is 536 g/mol. The molecule has 4 rings (SSSR count). The van der Waals surface area contributed by atoms with Crippen LogP contribution in [0.3, 0.4) is 0 Å². The number of unbranched alkanes of at least 4 members (excludes halogenated alkanes) is 1. The molecule has 2 aromatic carbocycles. The zero-order valence-electron chi connectivity index (χ0n) is 22.7. The first-order chi connectivity index (χ1) is 18.9. The molecule has 0 aliphatic heterocycles. The van der Waals surface area contributed by atoms with E-state index < -0.39 is 11.2 Å². The van der Waals surface area contributed by atoms with Gasteiger partial charge in [-0.2, -0.15) is 0 Å². The lowest BCUT2D eigenvalue weighted by Gasteiger charge is -2.18. The van der Waals surface area contributed by atoms with Gasteiger partial charge in [-0.25, -0.2) is 4.79 Å². The van der Waals surface area contributed by atoms with Crippen LogP contribution < -0.4 is 31.4 Å². The van der Waals surface area contributed by atoms with E-state index in [9.17, 15) is 19.2 Å². The second-order valence-electron chi connectivity index (χ2n) is 9.84. The van der Waals surface area contributed by atoms with Crippen molar-refractivity contribution >= 4 is 22.7 Å². The molecule has 0 saturated heterocycles. The zero-order chi connectivity index (χ0) is 27.9. The Morgan fingerprint density at radius 1 is 0.974 bits per heavy atom. The minimum absolute atomic E-state index is 0.0239. The molecule has 0 spiro atoms. The molecule has 0 radical (unpaired) electrons. The maximum atomic E-state index is 13.7. The van der Waals surface area contributed by atoms with Crippen molar-refractivity contribution < 1.29 is 19.1 Å². The van der Waals surface area contributed by atoms with E-state index in [0.29, 0.717) is 34.7 Å². The molecular formula is C29H36N4O6.